The van der Waals surface area contributed by atoms with Gasteiger partial charge in [0, 0.05) is 16.3 Å². The smallest absolute Gasteiger partial charge is 0.271 e. The van der Waals surface area contributed by atoms with Crippen molar-refractivity contribution >= 4 is 35.3 Å². The molecule has 3 rings (SSSR count). The summed E-state index contributed by atoms with van der Waals surface area (Å²) >= 11 is 5.89. The highest BCUT2D eigenvalue weighted by Gasteiger charge is 2.09. The summed E-state index contributed by atoms with van der Waals surface area (Å²) in [6.07, 6.45) is 1.47. The summed E-state index contributed by atoms with van der Waals surface area (Å²) in [5, 5.41) is 7.19. The van der Waals surface area contributed by atoms with Crippen LogP contribution in [0, 0.1) is 6.92 Å². The Kier molecular flexibility index (Phi) is 7.83. The van der Waals surface area contributed by atoms with Crippen LogP contribution in [0.25, 0.3) is 0 Å². The number of amides is 2. The van der Waals surface area contributed by atoms with Crippen LogP contribution in [0.15, 0.2) is 71.8 Å². The van der Waals surface area contributed by atoms with Gasteiger partial charge in [-0.05, 0) is 61.0 Å². The van der Waals surface area contributed by atoms with Gasteiger partial charge in [-0.3, -0.25) is 9.59 Å². The van der Waals surface area contributed by atoms with Gasteiger partial charge in [0.1, 0.15) is 0 Å². The Balaban J connectivity index is 1.56. The minimum Gasteiger partial charge on any atom is -0.493 e. The lowest BCUT2D eigenvalue weighted by atomic mass is 10.2. The number of nitrogens with zero attached hydrogens (tertiary/aromatic N) is 1. The second-order valence-electron chi connectivity index (χ2n) is 6.82. The number of methoxy groups -OCH3 is 1. The highest BCUT2D eigenvalue weighted by molar-refractivity contribution is 6.30. The van der Waals surface area contributed by atoms with Crippen molar-refractivity contribution in [2.45, 2.75) is 6.92 Å². The number of aryl methyl sites for hydroxylation is 1. The van der Waals surface area contributed by atoms with Crippen LogP contribution in [0.5, 0.6) is 11.5 Å². The van der Waals surface area contributed by atoms with Gasteiger partial charge in [-0.25, -0.2) is 5.43 Å². The standard InChI is InChI=1S/C24H22ClN3O4/c1-16-6-9-20(10-7-16)27-23(29)15-32-21-11-8-17(12-22(21)31-2)14-26-28-24(30)18-4-3-5-19(25)13-18/h3-14H,15H2,1-2H3,(H,27,29)(H,28,30)/b26-14-. The van der Waals surface area contributed by atoms with Crippen molar-refractivity contribution in [3.05, 3.63) is 88.4 Å². The monoisotopic (exact) mass is 451 g/mol. The maximum atomic E-state index is 12.1. The van der Waals surface area contributed by atoms with Gasteiger partial charge >= 0.3 is 0 Å². The molecule has 0 heterocycles. The van der Waals surface area contributed by atoms with Gasteiger partial charge in [0.15, 0.2) is 18.1 Å². The SMILES string of the molecule is COc1cc(/C=N\NC(=O)c2cccc(Cl)c2)ccc1OCC(=O)Nc1ccc(C)cc1. The molecule has 0 fully saturated rings. The average molecular weight is 452 g/mol. The Morgan fingerprint density at radius 1 is 1.03 bits per heavy atom. The van der Waals surface area contributed by atoms with E-state index in [-0.39, 0.29) is 18.4 Å². The summed E-state index contributed by atoms with van der Waals surface area (Å²) in [4.78, 5) is 24.2. The third-order valence-electron chi connectivity index (χ3n) is 4.35. The first-order chi connectivity index (χ1) is 15.4. The van der Waals surface area contributed by atoms with Crippen molar-refractivity contribution in [1.82, 2.24) is 5.43 Å². The van der Waals surface area contributed by atoms with Crippen LogP contribution >= 0.6 is 11.6 Å². The number of hydrogen-bond acceptors (Lipinski definition) is 5. The van der Waals surface area contributed by atoms with Crippen molar-refractivity contribution in [3.8, 4) is 11.5 Å². The van der Waals surface area contributed by atoms with Crippen molar-refractivity contribution in [2.75, 3.05) is 19.0 Å². The minimum absolute atomic E-state index is 0.173. The number of hydrazone groups is 1. The van der Waals surface area contributed by atoms with Crippen molar-refractivity contribution in [2.24, 2.45) is 5.10 Å². The van der Waals surface area contributed by atoms with Gasteiger partial charge in [0.2, 0.25) is 0 Å². The summed E-state index contributed by atoms with van der Waals surface area (Å²) in [6.45, 7) is 1.80. The van der Waals surface area contributed by atoms with E-state index in [4.69, 9.17) is 21.1 Å². The lowest BCUT2D eigenvalue weighted by molar-refractivity contribution is -0.118. The predicted octanol–water partition coefficient (Wildman–Crippen LogP) is 4.44. The van der Waals surface area contributed by atoms with Gasteiger partial charge in [-0.1, -0.05) is 35.4 Å². The Morgan fingerprint density at radius 3 is 2.53 bits per heavy atom. The van der Waals surface area contributed by atoms with Crippen LogP contribution in [0.1, 0.15) is 21.5 Å². The highest BCUT2D eigenvalue weighted by Crippen LogP contribution is 2.27. The van der Waals surface area contributed by atoms with E-state index in [9.17, 15) is 9.59 Å². The molecule has 0 aliphatic carbocycles. The van der Waals surface area contributed by atoms with E-state index >= 15 is 0 Å². The Labute approximate surface area is 191 Å². The fourth-order valence-electron chi connectivity index (χ4n) is 2.72. The van der Waals surface area contributed by atoms with Crippen LogP contribution in [0.2, 0.25) is 5.02 Å². The number of nitrogens with one attached hydrogen (secondary N) is 2. The molecule has 32 heavy (non-hydrogen) atoms. The first kappa shape index (κ1) is 22.8. The molecule has 0 bridgehead atoms. The molecule has 0 spiro atoms. The van der Waals surface area contributed by atoms with E-state index in [1.54, 1.807) is 42.5 Å². The molecule has 0 aliphatic rings. The molecule has 3 aromatic carbocycles. The minimum atomic E-state index is -0.379. The molecule has 8 heteroatoms. The van der Waals surface area contributed by atoms with Gasteiger partial charge < -0.3 is 14.8 Å². The van der Waals surface area contributed by atoms with Crippen LogP contribution in [0.3, 0.4) is 0 Å². The Morgan fingerprint density at radius 2 is 1.81 bits per heavy atom. The number of anilines is 1. The van der Waals surface area contributed by atoms with Crippen molar-refractivity contribution < 1.29 is 19.1 Å². The first-order valence-electron chi connectivity index (χ1n) is 9.71. The fraction of sp³-hybridized carbons (Fsp3) is 0.125. The van der Waals surface area contributed by atoms with Crippen LogP contribution < -0.4 is 20.2 Å². The van der Waals surface area contributed by atoms with Gasteiger partial charge in [0.25, 0.3) is 11.8 Å². The van der Waals surface area contributed by atoms with E-state index < -0.39 is 0 Å². The number of ether oxygens (including phenoxy) is 2. The lowest BCUT2D eigenvalue weighted by Crippen LogP contribution is -2.20. The second-order valence-corrected chi connectivity index (χ2v) is 7.26. The maximum absolute atomic E-state index is 12.1. The van der Waals surface area contributed by atoms with E-state index in [0.717, 1.165) is 5.56 Å². The summed E-state index contributed by atoms with van der Waals surface area (Å²) in [7, 11) is 1.50. The third-order valence-corrected chi connectivity index (χ3v) is 4.58. The van der Waals surface area contributed by atoms with Crippen LogP contribution in [-0.4, -0.2) is 31.7 Å². The molecule has 0 aromatic heterocycles. The largest absolute Gasteiger partial charge is 0.493 e. The lowest BCUT2D eigenvalue weighted by Gasteiger charge is -2.11. The fourth-order valence-corrected chi connectivity index (χ4v) is 2.91. The summed E-state index contributed by atoms with van der Waals surface area (Å²) < 4.78 is 10.9. The topological polar surface area (TPSA) is 89.0 Å². The third kappa shape index (κ3) is 6.58. The quantitative estimate of drug-likeness (QED) is 0.391. The Bertz CT molecular complexity index is 1130. The molecule has 2 N–H and O–H groups in total. The normalized spacial score (nSPS) is 10.6. The molecule has 3 aromatic rings. The molecule has 0 radical (unpaired) electrons. The molecule has 0 aliphatic heterocycles. The van der Waals surface area contributed by atoms with E-state index in [2.05, 4.69) is 15.8 Å². The molecular weight excluding hydrogens is 430 g/mol. The molecule has 164 valence electrons. The highest BCUT2D eigenvalue weighted by atomic mass is 35.5. The van der Waals surface area contributed by atoms with Crippen molar-refractivity contribution in [1.29, 1.82) is 0 Å². The summed E-state index contributed by atoms with van der Waals surface area (Å²) in [6, 6.07) is 19.1. The van der Waals surface area contributed by atoms with E-state index in [1.807, 2.05) is 31.2 Å². The molecule has 0 atom stereocenters. The number of carbonyl (C=O) groups is 2. The zero-order valence-corrected chi connectivity index (χ0v) is 18.3. The number of benzene rings is 3. The van der Waals surface area contributed by atoms with Gasteiger partial charge in [-0.15, -0.1) is 0 Å². The van der Waals surface area contributed by atoms with Crippen LogP contribution in [-0.2, 0) is 4.79 Å². The molecule has 0 unspecified atom stereocenters. The first-order valence-corrected chi connectivity index (χ1v) is 10.1. The zero-order valence-electron chi connectivity index (χ0n) is 17.6. The average Bonchev–Trinajstić information content (AvgIpc) is 2.79. The van der Waals surface area contributed by atoms with Crippen LogP contribution in [0.4, 0.5) is 5.69 Å². The molecular formula is C24H22ClN3O4. The van der Waals surface area contributed by atoms with Crippen molar-refractivity contribution in [3.63, 3.8) is 0 Å². The van der Waals surface area contributed by atoms with E-state index in [1.165, 1.54) is 13.3 Å². The number of carbonyl (C=O) groups excluding carboxylic acids is 2. The maximum Gasteiger partial charge on any atom is 0.271 e. The molecule has 7 nitrogen and oxygen atoms in total. The number of halogens is 1. The van der Waals surface area contributed by atoms with Gasteiger partial charge in [0.05, 0.1) is 13.3 Å². The zero-order chi connectivity index (χ0) is 22.9. The summed E-state index contributed by atoms with van der Waals surface area (Å²) in [5.74, 6) is 0.172. The van der Waals surface area contributed by atoms with E-state index in [0.29, 0.717) is 33.3 Å². The molecule has 0 saturated carbocycles. The second kappa shape index (κ2) is 11.0. The Hall–Kier alpha value is -3.84. The molecule has 2 amide bonds. The molecule has 0 saturated heterocycles. The number of rotatable bonds is 8. The van der Waals surface area contributed by atoms with Gasteiger partial charge in [-0.2, -0.15) is 5.10 Å². The number of hydrogen-bond donors (Lipinski definition) is 2. The summed E-state index contributed by atoms with van der Waals surface area (Å²) in [5.41, 5.74) is 5.32. The predicted molar refractivity (Wildman–Crippen MR) is 125 cm³/mol.